The van der Waals surface area contributed by atoms with Crippen molar-refractivity contribution in [1.29, 1.82) is 5.26 Å². The van der Waals surface area contributed by atoms with Crippen molar-refractivity contribution in [3.05, 3.63) is 54.0 Å². The highest BCUT2D eigenvalue weighted by molar-refractivity contribution is 7.92. The summed E-state index contributed by atoms with van der Waals surface area (Å²) in [4.78, 5) is 7.93. The maximum atomic E-state index is 11.9. The smallest absolute Gasteiger partial charge is 0.234 e. The average molecular weight is 288 g/mol. The van der Waals surface area contributed by atoms with Gasteiger partial charge in [0, 0.05) is 24.5 Å². The molecule has 0 fully saturated rings. The number of rotatable bonds is 5. The second kappa shape index (κ2) is 6.12. The van der Waals surface area contributed by atoms with Crippen LogP contribution >= 0.6 is 0 Å². The van der Waals surface area contributed by atoms with E-state index in [4.69, 9.17) is 5.26 Å². The normalized spacial score (nSPS) is 10.8. The van der Waals surface area contributed by atoms with Gasteiger partial charge in [-0.05, 0) is 24.3 Å². The van der Waals surface area contributed by atoms with Crippen molar-refractivity contribution in [2.45, 2.75) is 6.42 Å². The molecule has 0 atom stereocenters. The van der Waals surface area contributed by atoms with E-state index in [9.17, 15) is 8.42 Å². The summed E-state index contributed by atoms with van der Waals surface area (Å²) in [6.07, 6.45) is 3.26. The number of nitriles is 1. The molecule has 0 bridgehead atoms. The lowest BCUT2D eigenvalue weighted by Crippen LogP contribution is -2.19. The van der Waals surface area contributed by atoms with Crippen LogP contribution in [0.1, 0.15) is 11.3 Å². The van der Waals surface area contributed by atoms with Crippen LogP contribution in [0.3, 0.4) is 0 Å². The van der Waals surface area contributed by atoms with Crippen molar-refractivity contribution in [2.75, 3.05) is 10.5 Å². The summed E-state index contributed by atoms with van der Waals surface area (Å²) in [5, 5.41) is 8.64. The zero-order chi connectivity index (χ0) is 14.4. The van der Waals surface area contributed by atoms with E-state index < -0.39 is 10.0 Å². The first-order valence-electron chi connectivity index (χ1n) is 5.85. The Balaban J connectivity index is 1.98. The van der Waals surface area contributed by atoms with Crippen LogP contribution in [-0.4, -0.2) is 24.1 Å². The quantitative estimate of drug-likeness (QED) is 0.895. The Hall–Kier alpha value is -2.46. The van der Waals surface area contributed by atoms with Gasteiger partial charge in [-0.2, -0.15) is 5.26 Å². The maximum absolute atomic E-state index is 11.9. The average Bonchev–Trinajstić information content (AvgIpc) is 2.47. The molecule has 102 valence electrons. The number of sulfonamides is 1. The van der Waals surface area contributed by atoms with E-state index in [2.05, 4.69) is 14.7 Å². The molecule has 0 aliphatic heterocycles. The monoisotopic (exact) mass is 288 g/mol. The molecule has 2 aromatic rings. The lowest BCUT2D eigenvalue weighted by atomic mass is 10.3. The molecule has 0 unspecified atom stereocenters. The predicted octanol–water partition coefficient (Wildman–Crippen LogP) is 1.33. The lowest BCUT2D eigenvalue weighted by Gasteiger charge is -2.06. The Kier molecular flexibility index (Phi) is 4.27. The highest BCUT2D eigenvalue weighted by atomic mass is 32.2. The summed E-state index contributed by atoms with van der Waals surface area (Å²) in [7, 11) is -3.49. The molecule has 0 amide bonds. The van der Waals surface area contributed by atoms with Crippen LogP contribution in [0.25, 0.3) is 0 Å². The van der Waals surface area contributed by atoms with Crippen LogP contribution < -0.4 is 4.72 Å². The molecule has 2 aromatic heterocycles. The second-order valence-corrected chi connectivity index (χ2v) is 5.88. The minimum atomic E-state index is -3.49. The summed E-state index contributed by atoms with van der Waals surface area (Å²) >= 11 is 0. The zero-order valence-electron chi connectivity index (χ0n) is 10.5. The number of aryl methyl sites for hydroxylation is 1. The molecule has 0 saturated heterocycles. The molecule has 2 heterocycles. The topological polar surface area (TPSA) is 95.7 Å². The first-order chi connectivity index (χ1) is 9.59. The Labute approximate surface area is 117 Å². The van der Waals surface area contributed by atoms with Gasteiger partial charge in [-0.25, -0.2) is 13.4 Å². The van der Waals surface area contributed by atoms with Crippen LogP contribution in [0.2, 0.25) is 0 Å². The first-order valence-corrected chi connectivity index (χ1v) is 7.51. The molecule has 1 N–H and O–H groups in total. The van der Waals surface area contributed by atoms with E-state index in [0.29, 0.717) is 17.7 Å². The van der Waals surface area contributed by atoms with E-state index in [1.807, 2.05) is 12.1 Å². The zero-order valence-corrected chi connectivity index (χ0v) is 11.3. The third-order valence-electron chi connectivity index (χ3n) is 2.51. The molecule has 20 heavy (non-hydrogen) atoms. The van der Waals surface area contributed by atoms with Gasteiger partial charge in [0.25, 0.3) is 0 Å². The third kappa shape index (κ3) is 4.03. The highest BCUT2D eigenvalue weighted by Gasteiger charge is 2.11. The van der Waals surface area contributed by atoms with E-state index in [-0.39, 0.29) is 11.6 Å². The second-order valence-electron chi connectivity index (χ2n) is 4.04. The van der Waals surface area contributed by atoms with Crippen molar-refractivity contribution in [3.63, 3.8) is 0 Å². The minimum Gasteiger partial charge on any atom is -0.267 e. The van der Waals surface area contributed by atoms with Crippen molar-refractivity contribution < 1.29 is 8.42 Å². The molecule has 0 aromatic carbocycles. The number of anilines is 1. The van der Waals surface area contributed by atoms with Gasteiger partial charge in [0.05, 0.1) is 11.3 Å². The van der Waals surface area contributed by atoms with Gasteiger partial charge in [0.1, 0.15) is 11.9 Å². The Morgan fingerprint density at radius 1 is 1.20 bits per heavy atom. The fourth-order valence-corrected chi connectivity index (χ4v) is 2.53. The number of pyridine rings is 2. The molecule has 0 saturated carbocycles. The molecule has 7 heteroatoms. The number of hydrogen-bond acceptors (Lipinski definition) is 5. The molecule has 0 spiro atoms. The summed E-state index contributed by atoms with van der Waals surface area (Å²) in [5.41, 5.74) is 1.09. The van der Waals surface area contributed by atoms with Gasteiger partial charge in [-0.3, -0.25) is 9.71 Å². The van der Waals surface area contributed by atoms with Gasteiger partial charge in [0.2, 0.25) is 10.0 Å². The van der Waals surface area contributed by atoms with Crippen molar-refractivity contribution in [3.8, 4) is 6.07 Å². The number of hydrogen-bond donors (Lipinski definition) is 1. The first kappa shape index (κ1) is 14.0. The number of nitrogens with zero attached hydrogens (tertiary/aromatic N) is 3. The molecule has 0 aliphatic carbocycles. The SMILES string of the molecule is N#Cc1ccc(NS(=O)(=O)CCc2ccccn2)nc1. The Bertz CT molecular complexity index is 706. The van der Waals surface area contributed by atoms with Crippen LogP contribution in [0.5, 0.6) is 0 Å². The van der Waals surface area contributed by atoms with Gasteiger partial charge in [0.15, 0.2) is 0 Å². The van der Waals surface area contributed by atoms with Crippen LogP contribution in [-0.2, 0) is 16.4 Å². The highest BCUT2D eigenvalue weighted by Crippen LogP contribution is 2.07. The predicted molar refractivity (Wildman–Crippen MR) is 74.3 cm³/mol. The molecule has 6 nitrogen and oxygen atoms in total. The molecule has 0 radical (unpaired) electrons. The van der Waals surface area contributed by atoms with Crippen LogP contribution in [0, 0.1) is 11.3 Å². The summed E-state index contributed by atoms with van der Waals surface area (Å²) < 4.78 is 26.1. The Morgan fingerprint density at radius 3 is 2.65 bits per heavy atom. The van der Waals surface area contributed by atoms with E-state index in [1.54, 1.807) is 18.3 Å². The molecular formula is C13H12N4O2S. The van der Waals surface area contributed by atoms with Gasteiger partial charge < -0.3 is 0 Å². The molecule has 2 rings (SSSR count). The number of nitrogens with one attached hydrogen (secondary N) is 1. The Morgan fingerprint density at radius 2 is 2.05 bits per heavy atom. The van der Waals surface area contributed by atoms with Gasteiger partial charge in [-0.1, -0.05) is 6.07 Å². The largest absolute Gasteiger partial charge is 0.267 e. The van der Waals surface area contributed by atoms with Crippen molar-refractivity contribution in [1.82, 2.24) is 9.97 Å². The third-order valence-corrected chi connectivity index (χ3v) is 3.77. The summed E-state index contributed by atoms with van der Waals surface area (Å²) in [5.74, 6) is 0.121. The fraction of sp³-hybridized carbons (Fsp3) is 0.154. The fourth-order valence-electron chi connectivity index (χ4n) is 1.52. The van der Waals surface area contributed by atoms with Gasteiger partial charge in [-0.15, -0.1) is 0 Å². The van der Waals surface area contributed by atoms with Crippen molar-refractivity contribution >= 4 is 15.8 Å². The van der Waals surface area contributed by atoms with E-state index >= 15 is 0 Å². The molecule has 0 aliphatic rings. The summed E-state index contributed by atoms with van der Waals surface area (Å²) in [6.45, 7) is 0. The van der Waals surface area contributed by atoms with Gasteiger partial charge >= 0.3 is 0 Å². The maximum Gasteiger partial charge on any atom is 0.234 e. The number of aromatic nitrogens is 2. The standard InChI is InChI=1S/C13H12N4O2S/c14-9-11-4-5-13(16-10-11)17-20(18,19)8-6-12-3-1-2-7-15-12/h1-5,7,10H,6,8H2,(H,16,17). The lowest BCUT2D eigenvalue weighted by molar-refractivity contribution is 0.600. The summed E-state index contributed by atoms with van der Waals surface area (Å²) in [6, 6.07) is 10.2. The van der Waals surface area contributed by atoms with Crippen LogP contribution in [0.15, 0.2) is 42.7 Å². The van der Waals surface area contributed by atoms with E-state index in [0.717, 1.165) is 0 Å². The van der Waals surface area contributed by atoms with Crippen molar-refractivity contribution in [2.24, 2.45) is 0 Å². The minimum absolute atomic E-state index is 0.0777. The van der Waals surface area contributed by atoms with E-state index in [1.165, 1.54) is 18.3 Å². The molecular weight excluding hydrogens is 276 g/mol. The van der Waals surface area contributed by atoms with Crippen LogP contribution in [0.4, 0.5) is 5.82 Å².